The van der Waals surface area contributed by atoms with Crippen molar-refractivity contribution in [3.05, 3.63) is 66.2 Å². The Balaban J connectivity index is 1.41. The molecule has 1 N–H and O–H groups in total. The van der Waals surface area contributed by atoms with Crippen LogP contribution in [0.3, 0.4) is 0 Å². The molecule has 2 heterocycles. The van der Waals surface area contributed by atoms with Crippen molar-refractivity contribution in [3.8, 4) is 11.4 Å². The SMILES string of the molecule is CCN(C(=O)CCc1nc(-c2ccc(C(C)C)cc2)no1)c1ccc2[nH]ccc2c1. The average molecular weight is 402 g/mol. The Kier molecular flexibility index (Phi) is 5.65. The molecule has 1 amide bonds. The van der Waals surface area contributed by atoms with Crippen molar-refractivity contribution in [2.45, 2.75) is 39.5 Å². The lowest BCUT2D eigenvalue weighted by molar-refractivity contribution is -0.118. The van der Waals surface area contributed by atoms with E-state index in [1.807, 2.05) is 49.5 Å². The third-order valence-corrected chi connectivity index (χ3v) is 5.32. The monoisotopic (exact) mass is 402 g/mol. The maximum atomic E-state index is 12.8. The fourth-order valence-corrected chi connectivity index (χ4v) is 3.55. The molecule has 0 spiro atoms. The minimum Gasteiger partial charge on any atom is -0.361 e. The van der Waals surface area contributed by atoms with Gasteiger partial charge in [-0.05, 0) is 42.7 Å². The van der Waals surface area contributed by atoms with Crippen LogP contribution in [0.1, 0.15) is 44.6 Å². The zero-order valence-corrected chi connectivity index (χ0v) is 17.6. The van der Waals surface area contributed by atoms with Crippen LogP contribution in [0, 0.1) is 0 Å². The van der Waals surface area contributed by atoms with E-state index in [9.17, 15) is 4.79 Å². The summed E-state index contributed by atoms with van der Waals surface area (Å²) in [4.78, 5) is 22.3. The molecular weight excluding hydrogens is 376 g/mol. The van der Waals surface area contributed by atoms with Gasteiger partial charge in [0.05, 0.1) is 0 Å². The molecule has 154 valence electrons. The lowest BCUT2D eigenvalue weighted by atomic mass is 10.0. The van der Waals surface area contributed by atoms with E-state index in [0.717, 1.165) is 22.2 Å². The summed E-state index contributed by atoms with van der Waals surface area (Å²) in [7, 11) is 0. The molecule has 4 rings (SSSR count). The standard InChI is InChI=1S/C24H26N4O2/c1-4-28(20-9-10-21-19(15-20)13-14-25-21)23(29)12-11-22-26-24(27-30-22)18-7-5-17(6-8-18)16(2)3/h5-10,13-16,25H,4,11-12H2,1-3H3. The molecular formula is C24H26N4O2. The predicted molar refractivity (Wildman–Crippen MR) is 118 cm³/mol. The van der Waals surface area contributed by atoms with Gasteiger partial charge in [-0.15, -0.1) is 0 Å². The fourth-order valence-electron chi connectivity index (χ4n) is 3.55. The van der Waals surface area contributed by atoms with E-state index in [0.29, 0.717) is 37.0 Å². The van der Waals surface area contributed by atoms with Gasteiger partial charge < -0.3 is 14.4 Å². The molecule has 0 bridgehead atoms. The van der Waals surface area contributed by atoms with Crippen LogP contribution in [0.4, 0.5) is 5.69 Å². The van der Waals surface area contributed by atoms with Gasteiger partial charge in [0.25, 0.3) is 0 Å². The summed E-state index contributed by atoms with van der Waals surface area (Å²) >= 11 is 0. The van der Waals surface area contributed by atoms with Gasteiger partial charge in [-0.1, -0.05) is 43.3 Å². The first-order chi connectivity index (χ1) is 14.5. The lowest BCUT2D eigenvalue weighted by Crippen LogP contribution is -2.30. The number of carbonyl (C=O) groups is 1. The number of aryl methyl sites for hydroxylation is 1. The number of hydrogen-bond acceptors (Lipinski definition) is 4. The molecule has 2 aromatic carbocycles. The molecule has 6 heteroatoms. The number of nitrogens with zero attached hydrogens (tertiary/aromatic N) is 3. The van der Waals surface area contributed by atoms with Gasteiger partial charge in [0.1, 0.15) is 0 Å². The van der Waals surface area contributed by atoms with Crippen molar-refractivity contribution in [1.29, 1.82) is 0 Å². The summed E-state index contributed by atoms with van der Waals surface area (Å²) in [6, 6.07) is 16.2. The number of nitrogens with one attached hydrogen (secondary N) is 1. The van der Waals surface area contributed by atoms with E-state index in [2.05, 4.69) is 41.1 Å². The normalized spacial score (nSPS) is 11.3. The highest BCUT2D eigenvalue weighted by Gasteiger charge is 2.17. The van der Waals surface area contributed by atoms with Crippen LogP contribution in [-0.2, 0) is 11.2 Å². The highest BCUT2D eigenvalue weighted by Crippen LogP contribution is 2.23. The topological polar surface area (TPSA) is 75.0 Å². The van der Waals surface area contributed by atoms with Crippen LogP contribution < -0.4 is 4.90 Å². The molecule has 0 unspecified atom stereocenters. The van der Waals surface area contributed by atoms with Gasteiger partial charge in [-0.2, -0.15) is 4.98 Å². The fraction of sp³-hybridized carbons (Fsp3) is 0.292. The Labute approximate surface area is 175 Å². The molecule has 0 fully saturated rings. The third-order valence-electron chi connectivity index (χ3n) is 5.32. The zero-order valence-electron chi connectivity index (χ0n) is 17.6. The van der Waals surface area contributed by atoms with Gasteiger partial charge in [0.15, 0.2) is 0 Å². The second kappa shape index (κ2) is 8.53. The number of hydrogen-bond donors (Lipinski definition) is 1. The molecule has 30 heavy (non-hydrogen) atoms. The van der Waals surface area contributed by atoms with Crippen molar-refractivity contribution >= 4 is 22.5 Å². The molecule has 0 atom stereocenters. The van der Waals surface area contributed by atoms with E-state index < -0.39 is 0 Å². The first-order valence-electron chi connectivity index (χ1n) is 10.4. The maximum Gasteiger partial charge on any atom is 0.227 e. The van der Waals surface area contributed by atoms with E-state index in [-0.39, 0.29) is 5.91 Å². The maximum absolute atomic E-state index is 12.8. The Hall–Kier alpha value is -3.41. The molecule has 0 saturated heterocycles. The number of benzene rings is 2. The first-order valence-corrected chi connectivity index (χ1v) is 10.4. The van der Waals surface area contributed by atoms with Crippen LogP contribution in [0.2, 0.25) is 0 Å². The summed E-state index contributed by atoms with van der Waals surface area (Å²) in [6.45, 7) is 6.90. The van der Waals surface area contributed by atoms with Crippen LogP contribution in [0.15, 0.2) is 59.3 Å². The molecule has 0 saturated carbocycles. The quantitative estimate of drug-likeness (QED) is 0.453. The summed E-state index contributed by atoms with van der Waals surface area (Å²) in [5.41, 5.74) is 4.13. The minimum absolute atomic E-state index is 0.0356. The summed E-state index contributed by atoms with van der Waals surface area (Å²) in [6.07, 6.45) is 2.63. The number of aromatic nitrogens is 3. The Bertz CT molecular complexity index is 1140. The number of carbonyl (C=O) groups excluding carboxylic acids is 1. The molecule has 4 aromatic rings. The number of anilines is 1. The number of rotatable bonds is 7. The van der Waals surface area contributed by atoms with Gasteiger partial charge in [-0.25, -0.2) is 0 Å². The highest BCUT2D eigenvalue weighted by atomic mass is 16.5. The molecule has 0 radical (unpaired) electrons. The number of fused-ring (bicyclic) bond motifs is 1. The third kappa shape index (κ3) is 4.13. The molecule has 2 aromatic heterocycles. The van der Waals surface area contributed by atoms with Crippen molar-refractivity contribution in [2.75, 3.05) is 11.4 Å². The molecule has 6 nitrogen and oxygen atoms in total. The van der Waals surface area contributed by atoms with Crippen molar-refractivity contribution in [3.63, 3.8) is 0 Å². The number of aromatic amines is 1. The first kappa shape index (κ1) is 19.9. The average Bonchev–Trinajstić information content (AvgIpc) is 3.42. The van der Waals surface area contributed by atoms with Gasteiger partial charge in [0.2, 0.25) is 17.6 Å². The predicted octanol–water partition coefficient (Wildman–Crippen LogP) is 5.33. The van der Waals surface area contributed by atoms with Crippen LogP contribution in [0.5, 0.6) is 0 Å². The minimum atomic E-state index is 0.0356. The van der Waals surface area contributed by atoms with Crippen LogP contribution in [0.25, 0.3) is 22.3 Å². The second-order valence-corrected chi connectivity index (χ2v) is 7.68. The van der Waals surface area contributed by atoms with E-state index in [1.165, 1.54) is 5.56 Å². The van der Waals surface area contributed by atoms with Crippen molar-refractivity contribution in [2.24, 2.45) is 0 Å². The molecule has 0 aliphatic heterocycles. The van der Waals surface area contributed by atoms with Crippen molar-refractivity contribution in [1.82, 2.24) is 15.1 Å². The van der Waals surface area contributed by atoms with Crippen molar-refractivity contribution < 1.29 is 9.32 Å². The van der Waals surface area contributed by atoms with Crippen LogP contribution in [-0.4, -0.2) is 27.6 Å². The number of amides is 1. The van der Waals surface area contributed by atoms with E-state index in [1.54, 1.807) is 4.90 Å². The molecule has 0 aliphatic rings. The largest absolute Gasteiger partial charge is 0.361 e. The van der Waals surface area contributed by atoms with Gasteiger partial charge >= 0.3 is 0 Å². The second-order valence-electron chi connectivity index (χ2n) is 7.68. The Morgan fingerprint density at radius 1 is 1.13 bits per heavy atom. The highest BCUT2D eigenvalue weighted by molar-refractivity contribution is 5.96. The summed E-state index contributed by atoms with van der Waals surface area (Å²) in [5.74, 6) is 1.54. The van der Waals surface area contributed by atoms with Gasteiger partial charge in [-0.3, -0.25) is 4.79 Å². The van der Waals surface area contributed by atoms with Gasteiger partial charge in [0, 0.05) is 47.7 Å². The van der Waals surface area contributed by atoms with E-state index >= 15 is 0 Å². The Morgan fingerprint density at radius 2 is 1.93 bits per heavy atom. The number of H-pyrrole nitrogens is 1. The Morgan fingerprint density at radius 3 is 2.67 bits per heavy atom. The van der Waals surface area contributed by atoms with Crippen LogP contribution >= 0.6 is 0 Å². The smallest absolute Gasteiger partial charge is 0.227 e. The summed E-state index contributed by atoms with van der Waals surface area (Å²) < 4.78 is 5.38. The summed E-state index contributed by atoms with van der Waals surface area (Å²) in [5, 5.41) is 5.16. The molecule has 0 aliphatic carbocycles. The van der Waals surface area contributed by atoms with E-state index in [4.69, 9.17) is 4.52 Å². The zero-order chi connectivity index (χ0) is 21.1. The lowest BCUT2D eigenvalue weighted by Gasteiger charge is -2.21.